The molecule has 1 amide bonds. The quantitative estimate of drug-likeness (QED) is 0.622. The molecular weight excluding hydrogens is 302 g/mol. The fourth-order valence-corrected chi connectivity index (χ4v) is 3.06. The van der Waals surface area contributed by atoms with Crippen molar-refractivity contribution in [1.82, 2.24) is 10.2 Å². The second kappa shape index (κ2) is 9.09. The molecule has 5 nitrogen and oxygen atoms in total. The fraction of sp³-hybridized carbons (Fsp3) is 0.474. The molecule has 2 unspecified atom stereocenters. The summed E-state index contributed by atoms with van der Waals surface area (Å²) in [7, 11) is 0. The van der Waals surface area contributed by atoms with Crippen LogP contribution in [-0.4, -0.2) is 35.1 Å². The summed E-state index contributed by atoms with van der Waals surface area (Å²) in [6.45, 7) is 2.84. The second-order valence-corrected chi connectivity index (χ2v) is 6.16. The zero-order chi connectivity index (χ0) is 17.4. The highest BCUT2D eigenvalue weighted by molar-refractivity contribution is 5.97. The number of hydrogen-bond donors (Lipinski definition) is 2. The van der Waals surface area contributed by atoms with E-state index in [0.29, 0.717) is 6.42 Å². The Morgan fingerprint density at radius 2 is 2.21 bits per heavy atom. The third-order valence-corrected chi connectivity index (χ3v) is 4.44. The van der Waals surface area contributed by atoms with Crippen LogP contribution in [0.25, 0.3) is 0 Å². The molecule has 0 saturated carbocycles. The molecule has 1 heterocycles. The van der Waals surface area contributed by atoms with Gasteiger partial charge >= 0.3 is 0 Å². The van der Waals surface area contributed by atoms with E-state index in [1.807, 2.05) is 48.2 Å². The lowest BCUT2D eigenvalue weighted by atomic mass is 10.00. The number of amides is 1. The van der Waals surface area contributed by atoms with E-state index in [9.17, 15) is 15.2 Å². The minimum absolute atomic E-state index is 0.114. The number of hydrogen-bond acceptors (Lipinski definition) is 4. The molecule has 2 N–H and O–H groups in total. The standard InChI is InChI=1S/C19H25N3O2/c1-15(16-7-3-2-4-8-16)21-19(24)17(13-20)14-22-11-6-5-9-18(22)10-12-23/h2-4,7-8,14-15,18,23H,5-6,9-12H2,1H3,(H,21,24)/b17-14-. The minimum atomic E-state index is -0.359. The maximum Gasteiger partial charge on any atom is 0.263 e. The first kappa shape index (κ1) is 18.0. The van der Waals surface area contributed by atoms with E-state index >= 15 is 0 Å². The number of nitrogens with zero attached hydrogens (tertiary/aromatic N) is 2. The average molecular weight is 327 g/mol. The van der Waals surface area contributed by atoms with E-state index in [2.05, 4.69) is 5.32 Å². The number of aliphatic hydroxyl groups excluding tert-OH is 1. The van der Waals surface area contributed by atoms with Gasteiger partial charge in [0, 0.05) is 25.4 Å². The summed E-state index contributed by atoms with van der Waals surface area (Å²) < 4.78 is 0. The third-order valence-electron chi connectivity index (χ3n) is 4.44. The van der Waals surface area contributed by atoms with Crippen molar-refractivity contribution in [2.75, 3.05) is 13.2 Å². The lowest BCUT2D eigenvalue weighted by Crippen LogP contribution is -2.37. The van der Waals surface area contributed by atoms with Crippen molar-refractivity contribution in [3.05, 3.63) is 47.7 Å². The SMILES string of the molecule is CC(NC(=O)/C(C#N)=C\N1CCCCC1CCO)c1ccccc1. The Morgan fingerprint density at radius 3 is 2.88 bits per heavy atom. The van der Waals surface area contributed by atoms with Gasteiger partial charge in [0.2, 0.25) is 0 Å². The van der Waals surface area contributed by atoms with Crippen LogP contribution in [0, 0.1) is 11.3 Å². The molecule has 128 valence electrons. The maximum absolute atomic E-state index is 12.4. The third kappa shape index (κ3) is 4.84. The topological polar surface area (TPSA) is 76.4 Å². The van der Waals surface area contributed by atoms with Gasteiger partial charge in [0.15, 0.2) is 0 Å². The van der Waals surface area contributed by atoms with E-state index in [0.717, 1.165) is 31.4 Å². The first-order valence-corrected chi connectivity index (χ1v) is 8.50. The number of carbonyl (C=O) groups excluding carboxylic acids is 1. The van der Waals surface area contributed by atoms with E-state index in [1.165, 1.54) is 0 Å². The number of likely N-dealkylation sites (tertiary alicyclic amines) is 1. The molecule has 1 aliphatic rings. The molecule has 1 fully saturated rings. The number of carbonyl (C=O) groups is 1. The average Bonchev–Trinajstić information content (AvgIpc) is 2.61. The molecule has 0 spiro atoms. The van der Waals surface area contributed by atoms with Crippen molar-refractivity contribution in [2.45, 2.75) is 44.7 Å². The molecule has 2 atom stereocenters. The van der Waals surface area contributed by atoms with E-state index in [4.69, 9.17) is 0 Å². The molecule has 0 aliphatic carbocycles. The van der Waals surface area contributed by atoms with Crippen LogP contribution in [0.3, 0.4) is 0 Å². The van der Waals surface area contributed by atoms with Crippen LogP contribution in [0.4, 0.5) is 0 Å². The number of piperidine rings is 1. The Hall–Kier alpha value is -2.32. The highest BCUT2D eigenvalue weighted by atomic mass is 16.3. The normalized spacial score (nSPS) is 19.5. The van der Waals surface area contributed by atoms with Gasteiger partial charge in [-0.1, -0.05) is 30.3 Å². The summed E-state index contributed by atoms with van der Waals surface area (Å²) in [5.41, 5.74) is 1.11. The van der Waals surface area contributed by atoms with Crippen LogP contribution in [-0.2, 0) is 4.79 Å². The number of benzene rings is 1. The Labute approximate surface area is 143 Å². The van der Waals surface area contributed by atoms with Gasteiger partial charge in [-0.2, -0.15) is 5.26 Å². The Kier molecular flexibility index (Phi) is 6.83. The van der Waals surface area contributed by atoms with Gasteiger partial charge in [-0.15, -0.1) is 0 Å². The van der Waals surface area contributed by atoms with Crippen LogP contribution >= 0.6 is 0 Å². The van der Waals surface area contributed by atoms with Crippen molar-refractivity contribution in [3.63, 3.8) is 0 Å². The molecule has 5 heteroatoms. The number of rotatable bonds is 6. The number of aliphatic hydroxyl groups is 1. The largest absolute Gasteiger partial charge is 0.396 e. The van der Waals surface area contributed by atoms with Gasteiger partial charge < -0.3 is 15.3 Å². The highest BCUT2D eigenvalue weighted by Crippen LogP contribution is 2.21. The summed E-state index contributed by atoms with van der Waals surface area (Å²) in [5, 5.41) is 21.4. The molecule has 24 heavy (non-hydrogen) atoms. The van der Waals surface area contributed by atoms with Crippen LogP contribution in [0.15, 0.2) is 42.1 Å². The smallest absolute Gasteiger partial charge is 0.263 e. The van der Waals surface area contributed by atoms with E-state index < -0.39 is 0 Å². The second-order valence-electron chi connectivity index (χ2n) is 6.16. The first-order chi connectivity index (χ1) is 11.7. The summed E-state index contributed by atoms with van der Waals surface area (Å²) >= 11 is 0. The van der Waals surface area contributed by atoms with Gasteiger partial charge in [-0.05, 0) is 38.2 Å². The first-order valence-electron chi connectivity index (χ1n) is 8.50. The minimum Gasteiger partial charge on any atom is -0.396 e. The molecular formula is C19H25N3O2. The zero-order valence-corrected chi connectivity index (χ0v) is 14.1. The molecule has 1 aromatic carbocycles. The molecule has 1 aromatic rings. The number of nitrogens with one attached hydrogen (secondary N) is 1. The maximum atomic E-state index is 12.4. The Balaban J connectivity index is 2.06. The van der Waals surface area contributed by atoms with Gasteiger partial charge in [0.05, 0.1) is 6.04 Å². The summed E-state index contributed by atoms with van der Waals surface area (Å²) in [4.78, 5) is 14.5. The van der Waals surface area contributed by atoms with Crippen molar-refractivity contribution < 1.29 is 9.90 Å². The van der Waals surface area contributed by atoms with E-state index in [-0.39, 0.29) is 30.2 Å². The molecule has 1 saturated heterocycles. The van der Waals surface area contributed by atoms with Gasteiger partial charge in [0.1, 0.15) is 11.6 Å². The predicted molar refractivity (Wildman–Crippen MR) is 92.7 cm³/mol. The Morgan fingerprint density at radius 1 is 1.46 bits per heavy atom. The van der Waals surface area contributed by atoms with Gasteiger partial charge in [0.25, 0.3) is 5.91 Å². The number of nitriles is 1. The van der Waals surface area contributed by atoms with Crippen LogP contribution in [0.1, 0.15) is 44.2 Å². The summed E-state index contributed by atoms with van der Waals surface area (Å²) in [6, 6.07) is 11.7. The molecule has 1 aliphatic heterocycles. The van der Waals surface area contributed by atoms with Gasteiger partial charge in [-0.25, -0.2) is 0 Å². The zero-order valence-electron chi connectivity index (χ0n) is 14.1. The summed E-state index contributed by atoms with van der Waals surface area (Å²) in [5.74, 6) is -0.359. The van der Waals surface area contributed by atoms with Crippen molar-refractivity contribution in [3.8, 4) is 6.07 Å². The summed E-state index contributed by atoms with van der Waals surface area (Å²) in [6.07, 6.45) is 5.47. The predicted octanol–water partition coefficient (Wildman–Crippen LogP) is 2.51. The van der Waals surface area contributed by atoms with Gasteiger partial charge in [-0.3, -0.25) is 4.79 Å². The van der Waals surface area contributed by atoms with Crippen molar-refractivity contribution in [2.24, 2.45) is 0 Å². The Bertz CT molecular complexity index is 605. The molecule has 0 radical (unpaired) electrons. The van der Waals surface area contributed by atoms with Crippen molar-refractivity contribution in [1.29, 1.82) is 5.26 Å². The van der Waals surface area contributed by atoms with Crippen molar-refractivity contribution >= 4 is 5.91 Å². The van der Waals surface area contributed by atoms with Crippen LogP contribution in [0.2, 0.25) is 0 Å². The van der Waals surface area contributed by atoms with Crippen LogP contribution < -0.4 is 5.32 Å². The monoisotopic (exact) mass is 327 g/mol. The lowest BCUT2D eigenvalue weighted by molar-refractivity contribution is -0.117. The van der Waals surface area contributed by atoms with E-state index in [1.54, 1.807) is 6.20 Å². The molecule has 0 bridgehead atoms. The lowest BCUT2D eigenvalue weighted by Gasteiger charge is -2.34. The molecule has 0 aromatic heterocycles. The molecule has 2 rings (SSSR count). The highest BCUT2D eigenvalue weighted by Gasteiger charge is 2.22. The fourth-order valence-electron chi connectivity index (χ4n) is 3.06. The van der Waals surface area contributed by atoms with Crippen LogP contribution in [0.5, 0.6) is 0 Å².